The van der Waals surface area contributed by atoms with Gasteiger partial charge in [0.15, 0.2) is 0 Å². The predicted molar refractivity (Wildman–Crippen MR) is 0 cm³/mol. The normalized spacial score (nSPS) is 0. The molecule has 0 aromatic carbocycles. The van der Waals surface area contributed by atoms with Gasteiger partial charge in [0.05, 0.1) is 0 Å². The van der Waals surface area contributed by atoms with E-state index in [-0.39, 0.29) is 58.7 Å². The minimum absolute atomic E-state index is 0. The zero-order valence-electron chi connectivity index (χ0n) is 3.43. The fourth-order valence-electron chi connectivity index (χ4n) is 0. The molecule has 0 spiro atoms. The van der Waals surface area contributed by atoms with Crippen molar-refractivity contribution in [3.8, 4) is 0 Å². The molecule has 0 bridgehead atoms. The molecule has 0 unspecified atom stereocenters. The Labute approximate surface area is 59.6 Å². The molecule has 0 atom stereocenters. The van der Waals surface area contributed by atoms with E-state index in [9.17, 15) is 0 Å². The zero-order valence-corrected chi connectivity index (χ0v) is 6.37. The van der Waals surface area contributed by atoms with Gasteiger partial charge in [0.25, 0.3) is 0 Å². The van der Waals surface area contributed by atoms with Crippen LogP contribution in [0.1, 0.15) is 0 Å². The van der Waals surface area contributed by atoms with Crippen LogP contribution in [0, 0.1) is 0 Å². The number of halogens is 8. The smallest absolute Gasteiger partial charge is 0 e. The van der Waals surface area contributed by atoms with Gasteiger partial charge in [-0.25, -0.2) is 0 Å². The molecule has 0 aromatic rings. The Morgan fingerprint density at radius 1 is 0.222 bits per heavy atom. The van der Waals surface area contributed by atoms with E-state index in [1.165, 1.54) is 0 Å². The van der Waals surface area contributed by atoms with E-state index >= 15 is 0 Å². The standard InChI is InChI=1S/8FH.W/h8*1H;/p-8. The third-order valence-electron chi connectivity index (χ3n) is 0. The number of hydrogen-bond acceptors (Lipinski definition) is 0. The third kappa shape index (κ3) is 18500. The molecule has 0 aliphatic carbocycles. The largest absolute Gasteiger partial charge is 1.00 e. The second-order valence-corrected chi connectivity index (χ2v) is 0. The van der Waals surface area contributed by atoms with E-state index < -0.39 is 0 Å². The van der Waals surface area contributed by atoms with Crippen LogP contribution in [-0.2, 0) is 21.1 Å². The van der Waals surface area contributed by atoms with Gasteiger partial charge in [-0.05, 0) is 0 Å². The van der Waals surface area contributed by atoms with Gasteiger partial charge in [0.1, 0.15) is 0 Å². The van der Waals surface area contributed by atoms with Crippen LogP contribution in [0.2, 0.25) is 0 Å². The molecule has 0 fully saturated rings. The first-order chi connectivity index (χ1) is 0. The first-order valence-corrected chi connectivity index (χ1v) is 0. The Balaban J connectivity index is 0. The summed E-state index contributed by atoms with van der Waals surface area (Å²) in [4.78, 5) is 0. The van der Waals surface area contributed by atoms with E-state index in [0.29, 0.717) is 0 Å². The summed E-state index contributed by atoms with van der Waals surface area (Å²) in [6.45, 7) is 0. The molecule has 0 amide bonds. The SMILES string of the molecule is [F-].[F-].[F-].[F-].[F-].[F-].[F-].[F-].[W]. The van der Waals surface area contributed by atoms with Crippen molar-refractivity contribution >= 4 is 0 Å². The summed E-state index contributed by atoms with van der Waals surface area (Å²) in [5.41, 5.74) is 0. The minimum atomic E-state index is 0. The van der Waals surface area contributed by atoms with Crippen LogP contribution in [0.4, 0.5) is 0 Å². The maximum absolute atomic E-state index is 0. The second-order valence-electron chi connectivity index (χ2n) is 0. The summed E-state index contributed by atoms with van der Waals surface area (Å²) in [6, 6.07) is 0. The Kier molecular flexibility index (Phi) is 102000000. The predicted octanol–water partition coefficient (Wildman–Crippen LogP) is -24.0. The summed E-state index contributed by atoms with van der Waals surface area (Å²) < 4.78 is 0. The molecule has 0 radical (unpaired) electrons. The van der Waals surface area contributed by atoms with Crippen molar-refractivity contribution in [1.29, 1.82) is 0 Å². The van der Waals surface area contributed by atoms with Gasteiger partial charge in [-0.2, -0.15) is 0 Å². The van der Waals surface area contributed by atoms with Crippen LogP contribution in [0.3, 0.4) is 0 Å². The van der Waals surface area contributed by atoms with Gasteiger partial charge < -0.3 is 37.6 Å². The monoisotopic (exact) mass is 336 g/mol. The van der Waals surface area contributed by atoms with Gasteiger partial charge in [-0.1, -0.05) is 0 Å². The maximum atomic E-state index is 0. The first kappa shape index (κ1) is 36600. The van der Waals surface area contributed by atoms with Crippen molar-refractivity contribution in [2.75, 3.05) is 0 Å². The topological polar surface area (TPSA) is 0 Å². The summed E-state index contributed by atoms with van der Waals surface area (Å²) in [5.74, 6) is 0. The molecule has 0 aliphatic heterocycles. The fourth-order valence-corrected chi connectivity index (χ4v) is 0. The van der Waals surface area contributed by atoms with Gasteiger partial charge >= 0.3 is 0 Å². The van der Waals surface area contributed by atoms with Crippen LogP contribution in [0.25, 0.3) is 0 Å². The molecule has 9 heteroatoms. The first-order valence-electron chi connectivity index (χ1n) is 0. The average Bonchev–Trinajstić information content (AvgIpc) is 0. The van der Waals surface area contributed by atoms with E-state index in [2.05, 4.69) is 0 Å². The molecule has 70 valence electrons. The number of rotatable bonds is 0. The molecule has 0 aromatic heterocycles. The van der Waals surface area contributed by atoms with Gasteiger partial charge in [0.2, 0.25) is 0 Å². The summed E-state index contributed by atoms with van der Waals surface area (Å²) in [7, 11) is 0. The molecule has 9 heavy (non-hydrogen) atoms. The molecular weight excluding hydrogens is 336 g/mol. The molecule has 0 nitrogen and oxygen atoms in total. The Morgan fingerprint density at radius 2 is 0.222 bits per heavy atom. The van der Waals surface area contributed by atoms with Crippen molar-refractivity contribution in [3.63, 3.8) is 0 Å². The number of hydrogen-bond donors (Lipinski definition) is 0. The summed E-state index contributed by atoms with van der Waals surface area (Å²) >= 11 is 0. The Hall–Kier alpha value is 0.128. The van der Waals surface area contributed by atoms with E-state index in [4.69, 9.17) is 0 Å². The zero-order chi connectivity index (χ0) is 0. The maximum Gasteiger partial charge on any atom is 0 e. The van der Waals surface area contributed by atoms with Crippen LogP contribution < -0.4 is 37.6 Å². The summed E-state index contributed by atoms with van der Waals surface area (Å²) in [6.07, 6.45) is 0. The van der Waals surface area contributed by atoms with Gasteiger partial charge in [-0.15, -0.1) is 0 Å². The minimum Gasteiger partial charge on any atom is -1.00 e. The fraction of sp³-hybridized carbons (Fsp3) is 0. The van der Waals surface area contributed by atoms with Crippen LogP contribution in [0.5, 0.6) is 0 Å². The van der Waals surface area contributed by atoms with Crippen molar-refractivity contribution in [1.82, 2.24) is 0 Å². The molecule has 0 aliphatic rings. The van der Waals surface area contributed by atoms with Crippen molar-refractivity contribution in [2.24, 2.45) is 0 Å². The molecule has 0 rings (SSSR count). The van der Waals surface area contributed by atoms with E-state index in [1.807, 2.05) is 0 Å². The van der Waals surface area contributed by atoms with Crippen molar-refractivity contribution in [3.05, 3.63) is 0 Å². The average molecular weight is 336 g/mol. The quantitative estimate of drug-likeness (QED) is 0.386. The van der Waals surface area contributed by atoms with Gasteiger partial charge in [-0.3, -0.25) is 0 Å². The van der Waals surface area contributed by atoms with Gasteiger partial charge in [0, 0.05) is 21.1 Å². The van der Waals surface area contributed by atoms with Crippen molar-refractivity contribution in [2.45, 2.75) is 0 Å². The van der Waals surface area contributed by atoms with Crippen LogP contribution in [-0.4, -0.2) is 0 Å². The molecule has 0 N–H and O–H groups in total. The second kappa shape index (κ2) is 25100. The molecule has 0 heterocycles. The molecule has 0 saturated heterocycles. The van der Waals surface area contributed by atoms with E-state index in [0.717, 1.165) is 0 Å². The van der Waals surface area contributed by atoms with E-state index in [1.54, 1.807) is 0 Å². The molecular formula is F8W-8. The van der Waals surface area contributed by atoms with Crippen LogP contribution in [0.15, 0.2) is 0 Å². The Bertz CT molecular complexity index is 4.53. The third-order valence-corrected chi connectivity index (χ3v) is 0. The summed E-state index contributed by atoms with van der Waals surface area (Å²) in [5, 5.41) is 0. The van der Waals surface area contributed by atoms with Crippen LogP contribution >= 0.6 is 0 Å². The van der Waals surface area contributed by atoms with Crippen molar-refractivity contribution < 1.29 is 58.7 Å². The molecule has 0 saturated carbocycles. The Morgan fingerprint density at radius 3 is 0.222 bits per heavy atom.